The molecule has 1 rings (SSSR count). The number of carbonyl (C=O) groups excluding carboxylic acids is 1. The normalized spacial score (nSPS) is 11.5. The first-order chi connectivity index (χ1) is 9.72. The van der Waals surface area contributed by atoms with Crippen molar-refractivity contribution in [3.63, 3.8) is 0 Å². The summed E-state index contributed by atoms with van der Waals surface area (Å²) in [6.45, 7) is 2.61. The van der Waals surface area contributed by atoms with Gasteiger partial charge in [-0.1, -0.05) is 15.9 Å². The van der Waals surface area contributed by atoms with Crippen LogP contribution in [0.2, 0.25) is 0 Å². The van der Waals surface area contributed by atoms with Gasteiger partial charge in [-0.25, -0.2) is 12.8 Å². The molecule has 1 aromatic carbocycles. The van der Waals surface area contributed by atoms with E-state index in [-0.39, 0.29) is 23.2 Å². The van der Waals surface area contributed by atoms with Crippen LogP contribution >= 0.6 is 26.6 Å². The van der Waals surface area contributed by atoms with E-state index in [0.717, 1.165) is 6.07 Å². The number of hydrogen-bond acceptors (Lipinski definition) is 4. The molecule has 0 atom stereocenters. The third-order valence-electron chi connectivity index (χ3n) is 2.73. The second-order valence-corrected chi connectivity index (χ2v) is 7.53. The van der Waals surface area contributed by atoms with Gasteiger partial charge in [-0.3, -0.25) is 4.79 Å². The van der Waals surface area contributed by atoms with E-state index in [0.29, 0.717) is 6.54 Å². The van der Waals surface area contributed by atoms with Gasteiger partial charge < -0.3 is 9.64 Å². The summed E-state index contributed by atoms with van der Waals surface area (Å²) in [7, 11) is 2.37. The molecule has 0 aliphatic heterocycles. The molecule has 0 bridgehead atoms. The number of hydrogen-bond donors (Lipinski definition) is 0. The van der Waals surface area contributed by atoms with E-state index in [1.165, 1.54) is 18.1 Å². The Labute approximate surface area is 135 Å². The number of methoxy groups -OCH3 is 1. The number of rotatable bonds is 6. The Bertz CT molecular complexity index is 638. The van der Waals surface area contributed by atoms with Gasteiger partial charge in [0.05, 0.1) is 12.2 Å². The zero-order valence-electron chi connectivity index (χ0n) is 11.4. The molecule has 0 spiro atoms. The Morgan fingerprint density at radius 2 is 2.10 bits per heavy atom. The predicted molar refractivity (Wildman–Crippen MR) is 80.6 cm³/mol. The first kappa shape index (κ1) is 18.3. The molecule has 21 heavy (non-hydrogen) atoms. The molecule has 1 amide bonds. The molecule has 118 valence electrons. The monoisotopic (exact) mass is 401 g/mol. The van der Waals surface area contributed by atoms with Gasteiger partial charge in [-0.15, -0.1) is 0 Å². The van der Waals surface area contributed by atoms with Crippen LogP contribution in [0.3, 0.4) is 0 Å². The minimum Gasteiger partial charge on any atom is -0.383 e. The van der Waals surface area contributed by atoms with E-state index in [9.17, 15) is 17.6 Å². The van der Waals surface area contributed by atoms with E-state index in [1.807, 2.05) is 0 Å². The Morgan fingerprint density at radius 1 is 1.48 bits per heavy atom. The maximum absolute atomic E-state index is 14.3. The fraction of sp³-hybridized carbons (Fsp3) is 0.417. The first-order valence-electron chi connectivity index (χ1n) is 5.94. The van der Waals surface area contributed by atoms with Gasteiger partial charge in [0, 0.05) is 35.4 Å². The summed E-state index contributed by atoms with van der Waals surface area (Å²) in [6, 6.07) is 2.23. The average molecular weight is 403 g/mol. The van der Waals surface area contributed by atoms with Crippen molar-refractivity contribution in [1.29, 1.82) is 0 Å². The molecular formula is C12H14BrClFNO4S. The molecule has 0 aliphatic rings. The van der Waals surface area contributed by atoms with Crippen LogP contribution in [0.15, 0.2) is 21.5 Å². The third-order valence-corrected chi connectivity index (χ3v) is 4.51. The summed E-state index contributed by atoms with van der Waals surface area (Å²) in [5.41, 5.74) is -0.360. The minimum atomic E-state index is -4.29. The summed E-state index contributed by atoms with van der Waals surface area (Å²) >= 11 is 3.05. The molecule has 5 nitrogen and oxygen atoms in total. The Hall–Kier alpha value is -0.700. The van der Waals surface area contributed by atoms with Gasteiger partial charge in [0.2, 0.25) is 0 Å². The SMILES string of the molecule is CCN(CCOC)C(=O)c1cc(Br)cc(S(=O)(=O)Cl)c1F. The van der Waals surface area contributed by atoms with E-state index in [1.54, 1.807) is 6.92 Å². The molecular weight excluding hydrogens is 389 g/mol. The number of likely N-dealkylation sites (N-methyl/N-ethyl adjacent to an activating group) is 1. The Morgan fingerprint density at radius 3 is 2.57 bits per heavy atom. The maximum Gasteiger partial charge on any atom is 0.264 e. The van der Waals surface area contributed by atoms with Crippen molar-refractivity contribution in [2.24, 2.45) is 0 Å². The molecule has 0 saturated carbocycles. The topological polar surface area (TPSA) is 63.7 Å². The van der Waals surface area contributed by atoms with Crippen molar-refractivity contribution in [2.75, 3.05) is 26.8 Å². The highest BCUT2D eigenvalue weighted by molar-refractivity contribution is 9.10. The van der Waals surface area contributed by atoms with Gasteiger partial charge >= 0.3 is 0 Å². The molecule has 0 heterocycles. The lowest BCUT2D eigenvalue weighted by molar-refractivity contribution is 0.0701. The number of carbonyl (C=O) groups is 1. The van der Waals surface area contributed by atoms with Crippen LogP contribution in [0.5, 0.6) is 0 Å². The second kappa shape index (κ2) is 7.53. The highest BCUT2D eigenvalue weighted by Crippen LogP contribution is 2.27. The second-order valence-electron chi connectivity index (χ2n) is 4.08. The summed E-state index contributed by atoms with van der Waals surface area (Å²) in [5, 5.41) is 0. The van der Waals surface area contributed by atoms with Crippen molar-refractivity contribution >= 4 is 41.6 Å². The van der Waals surface area contributed by atoms with E-state index in [4.69, 9.17) is 15.4 Å². The molecule has 1 aromatic rings. The Kier molecular flexibility index (Phi) is 6.58. The average Bonchev–Trinajstić information content (AvgIpc) is 2.40. The fourth-order valence-electron chi connectivity index (χ4n) is 1.67. The lowest BCUT2D eigenvalue weighted by Crippen LogP contribution is -2.34. The highest BCUT2D eigenvalue weighted by atomic mass is 79.9. The fourth-order valence-corrected chi connectivity index (χ4v) is 3.21. The van der Waals surface area contributed by atoms with Crippen LogP contribution in [0, 0.1) is 5.82 Å². The number of benzene rings is 1. The Balaban J connectivity index is 3.30. The summed E-state index contributed by atoms with van der Waals surface area (Å²) in [6.07, 6.45) is 0. The predicted octanol–water partition coefficient (Wildman–Crippen LogP) is 2.62. The summed E-state index contributed by atoms with van der Waals surface area (Å²) in [4.78, 5) is 12.9. The van der Waals surface area contributed by atoms with Crippen molar-refractivity contribution in [3.8, 4) is 0 Å². The zero-order valence-corrected chi connectivity index (χ0v) is 14.6. The van der Waals surface area contributed by atoms with Crippen molar-refractivity contribution in [1.82, 2.24) is 4.90 Å². The van der Waals surface area contributed by atoms with Crippen LogP contribution in [0.25, 0.3) is 0 Å². The minimum absolute atomic E-state index is 0.245. The standard InChI is InChI=1S/C12H14BrClFNO4S/c1-3-16(4-5-20-2)12(17)9-6-8(13)7-10(11(9)15)21(14,18)19/h6-7H,3-5H2,1-2H3. The van der Waals surface area contributed by atoms with Crippen LogP contribution < -0.4 is 0 Å². The van der Waals surface area contributed by atoms with Gasteiger partial charge in [0.15, 0.2) is 5.82 Å². The van der Waals surface area contributed by atoms with E-state index < -0.39 is 25.7 Å². The number of amides is 1. The smallest absolute Gasteiger partial charge is 0.264 e. The number of nitrogens with zero attached hydrogens (tertiary/aromatic N) is 1. The summed E-state index contributed by atoms with van der Waals surface area (Å²) < 4.78 is 42.1. The zero-order chi connectivity index (χ0) is 16.2. The van der Waals surface area contributed by atoms with Crippen molar-refractivity contribution in [3.05, 3.63) is 28.0 Å². The quantitative estimate of drug-likeness (QED) is 0.686. The molecule has 0 aromatic heterocycles. The van der Waals surface area contributed by atoms with Crippen LogP contribution in [-0.4, -0.2) is 46.0 Å². The van der Waals surface area contributed by atoms with E-state index in [2.05, 4.69) is 15.9 Å². The maximum atomic E-state index is 14.3. The molecule has 0 radical (unpaired) electrons. The van der Waals surface area contributed by atoms with Crippen molar-refractivity contribution < 1.29 is 22.3 Å². The van der Waals surface area contributed by atoms with Crippen LogP contribution in [0.1, 0.15) is 17.3 Å². The van der Waals surface area contributed by atoms with Crippen molar-refractivity contribution in [2.45, 2.75) is 11.8 Å². The molecule has 0 N–H and O–H groups in total. The van der Waals surface area contributed by atoms with Gasteiger partial charge in [0.1, 0.15) is 4.90 Å². The van der Waals surface area contributed by atoms with Gasteiger partial charge in [-0.05, 0) is 19.1 Å². The summed E-state index contributed by atoms with van der Waals surface area (Å²) in [5.74, 6) is -1.79. The molecule has 0 unspecified atom stereocenters. The molecule has 0 aliphatic carbocycles. The molecule has 0 saturated heterocycles. The van der Waals surface area contributed by atoms with E-state index >= 15 is 0 Å². The number of halogens is 3. The first-order valence-corrected chi connectivity index (χ1v) is 9.04. The molecule has 0 fully saturated rings. The van der Waals surface area contributed by atoms with Crippen LogP contribution in [-0.2, 0) is 13.8 Å². The largest absolute Gasteiger partial charge is 0.383 e. The van der Waals surface area contributed by atoms with Gasteiger partial charge in [0.25, 0.3) is 15.0 Å². The van der Waals surface area contributed by atoms with Gasteiger partial charge in [-0.2, -0.15) is 0 Å². The van der Waals surface area contributed by atoms with Crippen LogP contribution in [0.4, 0.5) is 4.39 Å². The lowest BCUT2D eigenvalue weighted by atomic mass is 10.2. The lowest BCUT2D eigenvalue weighted by Gasteiger charge is -2.21. The molecule has 9 heteroatoms. The highest BCUT2D eigenvalue weighted by Gasteiger charge is 2.25. The number of ether oxygens (including phenoxy) is 1. The third kappa shape index (κ3) is 4.64.